The highest BCUT2D eigenvalue weighted by atomic mass is 19.4. The summed E-state index contributed by atoms with van der Waals surface area (Å²) in [5, 5.41) is 2.05. The van der Waals surface area contributed by atoms with Crippen LogP contribution in [0.15, 0.2) is 42.5 Å². The predicted molar refractivity (Wildman–Crippen MR) is 94.9 cm³/mol. The summed E-state index contributed by atoms with van der Waals surface area (Å²) in [6.45, 7) is -1.38. The number of alkyl halides is 3. The Balaban J connectivity index is 1.87. The molecule has 0 saturated heterocycles. The van der Waals surface area contributed by atoms with Crippen LogP contribution in [0.4, 0.5) is 18.9 Å². The Morgan fingerprint density at radius 1 is 1.07 bits per heavy atom. The van der Waals surface area contributed by atoms with Crippen molar-refractivity contribution in [3.63, 3.8) is 0 Å². The number of benzene rings is 2. The van der Waals surface area contributed by atoms with Crippen LogP contribution in [0.3, 0.4) is 0 Å². The van der Waals surface area contributed by atoms with Gasteiger partial charge in [0.15, 0.2) is 24.7 Å². The molecule has 0 fully saturated rings. The largest absolute Gasteiger partial charge is 0.493 e. The molecule has 2 rings (SSSR count). The average molecular weight is 411 g/mol. The molecule has 0 radical (unpaired) electrons. The number of esters is 1. The van der Waals surface area contributed by atoms with Gasteiger partial charge in [-0.15, -0.1) is 0 Å². The monoisotopic (exact) mass is 411 g/mol. The lowest BCUT2D eigenvalue weighted by Gasteiger charge is -2.14. The molecule has 7 nitrogen and oxygen atoms in total. The van der Waals surface area contributed by atoms with E-state index in [1.54, 1.807) is 0 Å². The minimum Gasteiger partial charge on any atom is -0.493 e. The summed E-state index contributed by atoms with van der Waals surface area (Å²) in [6.07, 6.45) is -4.04. The molecule has 0 atom stereocenters. The summed E-state index contributed by atoms with van der Waals surface area (Å²) in [5.41, 5.74) is -1.13. The maximum Gasteiger partial charge on any atom is 0.418 e. The average Bonchev–Trinajstić information content (AvgIpc) is 2.70. The Morgan fingerprint density at radius 2 is 1.79 bits per heavy atom. The molecule has 154 valence electrons. The number of carbonyl (C=O) groups excluding carboxylic acids is 3. The molecular weight excluding hydrogens is 395 g/mol. The molecule has 0 aliphatic rings. The lowest BCUT2D eigenvalue weighted by atomic mass is 10.1. The molecule has 0 saturated carbocycles. The van der Waals surface area contributed by atoms with E-state index in [2.05, 4.69) is 4.74 Å². The van der Waals surface area contributed by atoms with Crippen molar-refractivity contribution in [3.8, 4) is 11.5 Å². The van der Waals surface area contributed by atoms with Crippen LogP contribution in [-0.2, 0) is 20.5 Å². The third-order valence-electron chi connectivity index (χ3n) is 3.54. The van der Waals surface area contributed by atoms with Gasteiger partial charge in [0.25, 0.3) is 5.91 Å². The van der Waals surface area contributed by atoms with Crippen molar-refractivity contribution in [3.05, 3.63) is 53.6 Å². The van der Waals surface area contributed by atoms with Gasteiger partial charge < -0.3 is 19.5 Å². The van der Waals surface area contributed by atoms with Crippen molar-refractivity contribution in [1.82, 2.24) is 0 Å². The van der Waals surface area contributed by atoms with Crippen molar-refractivity contribution in [2.45, 2.75) is 6.18 Å². The van der Waals surface area contributed by atoms with E-state index < -0.39 is 42.5 Å². The number of rotatable bonds is 8. The summed E-state index contributed by atoms with van der Waals surface area (Å²) in [7, 11) is 1.35. The second-order valence-electron chi connectivity index (χ2n) is 5.57. The quantitative estimate of drug-likeness (QED) is 0.530. The third kappa shape index (κ3) is 6.23. The number of nitrogens with one attached hydrogen (secondary N) is 1. The van der Waals surface area contributed by atoms with E-state index in [0.717, 1.165) is 12.1 Å². The lowest BCUT2D eigenvalue weighted by molar-refractivity contribution is -0.149. The van der Waals surface area contributed by atoms with Gasteiger partial charge in [0.05, 0.1) is 18.4 Å². The zero-order valence-electron chi connectivity index (χ0n) is 15.1. The number of halogens is 3. The third-order valence-corrected chi connectivity index (χ3v) is 3.54. The minimum atomic E-state index is -4.65. The molecule has 2 aromatic rings. The van der Waals surface area contributed by atoms with Crippen LogP contribution in [0.2, 0.25) is 0 Å². The van der Waals surface area contributed by atoms with Gasteiger partial charge in [-0.1, -0.05) is 12.1 Å². The van der Waals surface area contributed by atoms with E-state index in [1.165, 1.54) is 37.4 Å². The van der Waals surface area contributed by atoms with E-state index in [-0.39, 0.29) is 11.5 Å². The first-order valence-electron chi connectivity index (χ1n) is 8.12. The second-order valence-corrected chi connectivity index (χ2v) is 5.57. The number of methoxy groups -OCH3 is 1. The van der Waals surface area contributed by atoms with Gasteiger partial charge in [-0.25, -0.2) is 4.79 Å². The molecule has 0 heterocycles. The van der Waals surface area contributed by atoms with Crippen molar-refractivity contribution < 1.29 is 41.8 Å². The van der Waals surface area contributed by atoms with Crippen LogP contribution in [0.1, 0.15) is 15.9 Å². The maximum atomic E-state index is 12.9. The van der Waals surface area contributed by atoms with Crippen molar-refractivity contribution in [2.24, 2.45) is 0 Å². The SMILES string of the molecule is COc1cc(C=O)ccc1OCC(=O)OCC(=O)Nc1ccccc1C(F)(F)F. The molecule has 0 aliphatic heterocycles. The molecule has 1 N–H and O–H groups in total. The lowest BCUT2D eigenvalue weighted by Crippen LogP contribution is -2.24. The van der Waals surface area contributed by atoms with Gasteiger partial charge in [0.1, 0.15) is 6.29 Å². The molecule has 0 aliphatic carbocycles. The fourth-order valence-corrected chi connectivity index (χ4v) is 2.23. The van der Waals surface area contributed by atoms with Gasteiger partial charge in [-0.3, -0.25) is 9.59 Å². The van der Waals surface area contributed by atoms with Crippen molar-refractivity contribution in [1.29, 1.82) is 0 Å². The van der Waals surface area contributed by atoms with E-state index in [0.29, 0.717) is 11.8 Å². The van der Waals surface area contributed by atoms with E-state index in [9.17, 15) is 27.6 Å². The number of hydrogen-bond donors (Lipinski definition) is 1. The molecule has 0 bridgehead atoms. The van der Waals surface area contributed by atoms with Crippen LogP contribution >= 0.6 is 0 Å². The highest BCUT2D eigenvalue weighted by Gasteiger charge is 2.33. The fourth-order valence-electron chi connectivity index (χ4n) is 2.23. The Hall–Kier alpha value is -3.56. The molecule has 1 amide bonds. The highest BCUT2D eigenvalue weighted by Crippen LogP contribution is 2.34. The minimum absolute atomic E-state index is 0.165. The normalized spacial score (nSPS) is 10.8. The molecular formula is C19H16F3NO6. The van der Waals surface area contributed by atoms with E-state index in [1.807, 2.05) is 5.32 Å². The Morgan fingerprint density at radius 3 is 2.45 bits per heavy atom. The van der Waals surface area contributed by atoms with E-state index in [4.69, 9.17) is 9.47 Å². The standard InChI is InChI=1S/C19H16F3NO6/c1-27-16-8-12(9-24)6-7-15(16)28-11-18(26)29-10-17(25)23-14-5-3-2-4-13(14)19(20,21)22/h2-9H,10-11H2,1H3,(H,23,25). The van der Waals surface area contributed by atoms with Crippen molar-refractivity contribution in [2.75, 3.05) is 25.6 Å². The fraction of sp³-hybridized carbons (Fsp3) is 0.211. The van der Waals surface area contributed by atoms with Crippen LogP contribution in [-0.4, -0.2) is 38.5 Å². The highest BCUT2D eigenvalue weighted by molar-refractivity contribution is 5.93. The van der Waals surface area contributed by atoms with Crippen molar-refractivity contribution >= 4 is 23.9 Å². The van der Waals surface area contributed by atoms with Gasteiger partial charge in [0.2, 0.25) is 0 Å². The zero-order valence-corrected chi connectivity index (χ0v) is 15.1. The van der Waals surface area contributed by atoms with Crippen LogP contribution < -0.4 is 14.8 Å². The van der Waals surface area contributed by atoms with Crippen LogP contribution in [0.25, 0.3) is 0 Å². The summed E-state index contributed by atoms with van der Waals surface area (Å²) in [5.74, 6) is -1.49. The molecule has 0 aromatic heterocycles. The predicted octanol–water partition coefficient (Wildman–Crippen LogP) is 3.09. The summed E-state index contributed by atoms with van der Waals surface area (Å²) in [4.78, 5) is 34.2. The second kappa shape index (κ2) is 9.58. The Labute approximate surface area is 163 Å². The molecule has 0 unspecified atom stereocenters. The van der Waals surface area contributed by atoms with Gasteiger partial charge in [0, 0.05) is 5.56 Å². The Kier molecular flexibility index (Phi) is 7.18. The molecule has 2 aromatic carbocycles. The number of amides is 1. The number of aldehydes is 1. The summed E-state index contributed by atoms with van der Waals surface area (Å²) < 4.78 is 53.6. The summed E-state index contributed by atoms with van der Waals surface area (Å²) >= 11 is 0. The van der Waals surface area contributed by atoms with Crippen LogP contribution in [0.5, 0.6) is 11.5 Å². The topological polar surface area (TPSA) is 90.9 Å². The maximum absolute atomic E-state index is 12.9. The van der Waals surface area contributed by atoms with E-state index >= 15 is 0 Å². The molecule has 10 heteroatoms. The Bertz CT molecular complexity index is 898. The first-order chi connectivity index (χ1) is 13.7. The van der Waals surface area contributed by atoms with Gasteiger partial charge >= 0.3 is 12.1 Å². The number of carbonyl (C=O) groups is 3. The molecule has 0 spiro atoms. The number of para-hydroxylation sites is 1. The number of ether oxygens (including phenoxy) is 3. The van der Waals surface area contributed by atoms with Gasteiger partial charge in [-0.2, -0.15) is 13.2 Å². The first-order valence-corrected chi connectivity index (χ1v) is 8.12. The van der Waals surface area contributed by atoms with Crippen LogP contribution in [0, 0.1) is 0 Å². The van der Waals surface area contributed by atoms with Gasteiger partial charge in [-0.05, 0) is 30.3 Å². The zero-order chi connectivity index (χ0) is 21.4. The number of anilines is 1. The number of hydrogen-bond acceptors (Lipinski definition) is 6. The summed E-state index contributed by atoms with van der Waals surface area (Å²) in [6, 6.07) is 8.68. The molecule has 29 heavy (non-hydrogen) atoms. The smallest absolute Gasteiger partial charge is 0.418 e. The first kappa shape index (κ1) is 21.7.